The molecule has 0 atom stereocenters. The molecule has 23 heavy (non-hydrogen) atoms. The molecule has 0 unspecified atom stereocenters. The summed E-state index contributed by atoms with van der Waals surface area (Å²) in [6, 6.07) is 10.8. The molecule has 6 nitrogen and oxygen atoms in total. The Balaban J connectivity index is 1.73. The Bertz CT molecular complexity index is 903. The highest BCUT2D eigenvalue weighted by Gasteiger charge is 2.11. The Labute approximate surface area is 132 Å². The lowest BCUT2D eigenvalue weighted by atomic mass is 10.1. The average Bonchev–Trinajstić information content (AvgIpc) is 2.88. The third-order valence-electron chi connectivity index (χ3n) is 3.49. The fraction of sp³-hybridized carbons (Fsp3) is 0.176. The maximum Gasteiger partial charge on any atom is 0.417 e. The van der Waals surface area contributed by atoms with Crippen LogP contribution in [-0.4, -0.2) is 17.5 Å². The van der Waals surface area contributed by atoms with Crippen molar-refractivity contribution < 1.29 is 13.9 Å². The summed E-state index contributed by atoms with van der Waals surface area (Å²) in [5.41, 5.74) is 3.27. The van der Waals surface area contributed by atoms with Crippen LogP contribution in [0.1, 0.15) is 11.1 Å². The number of oxazole rings is 1. The summed E-state index contributed by atoms with van der Waals surface area (Å²) in [5, 5.41) is 2.71. The molecule has 0 fully saturated rings. The molecule has 118 valence electrons. The second-order valence-corrected chi connectivity index (χ2v) is 5.25. The van der Waals surface area contributed by atoms with Crippen LogP contribution in [0.3, 0.4) is 0 Å². The predicted molar refractivity (Wildman–Crippen MR) is 86.9 cm³/mol. The summed E-state index contributed by atoms with van der Waals surface area (Å²) in [6.45, 7) is 3.73. The number of aryl methyl sites for hydroxylation is 2. The Hall–Kier alpha value is -3.02. The number of H-pyrrole nitrogens is 1. The number of hydrogen-bond acceptors (Lipinski definition) is 4. The minimum Gasteiger partial charge on any atom is -0.483 e. The number of anilines is 1. The first-order valence-electron chi connectivity index (χ1n) is 7.15. The van der Waals surface area contributed by atoms with Crippen molar-refractivity contribution in [2.45, 2.75) is 13.8 Å². The van der Waals surface area contributed by atoms with E-state index in [2.05, 4.69) is 10.3 Å². The highest BCUT2D eigenvalue weighted by atomic mass is 16.5. The van der Waals surface area contributed by atoms with Gasteiger partial charge < -0.3 is 14.5 Å². The zero-order valence-corrected chi connectivity index (χ0v) is 12.8. The van der Waals surface area contributed by atoms with Crippen LogP contribution in [0.2, 0.25) is 0 Å². The molecule has 3 aromatic rings. The smallest absolute Gasteiger partial charge is 0.417 e. The monoisotopic (exact) mass is 312 g/mol. The van der Waals surface area contributed by atoms with Gasteiger partial charge in [0.05, 0.1) is 5.69 Å². The number of aromatic nitrogens is 1. The number of hydrogen-bond donors (Lipinski definition) is 2. The fourth-order valence-corrected chi connectivity index (χ4v) is 2.43. The van der Waals surface area contributed by atoms with Crippen LogP contribution in [0.4, 0.5) is 5.69 Å². The van der Waals surface area contributed by atoms with Crippen molar-refractivity contribution in [1.29, 1.82) is 0 Å². The number of benzene rings is 2. The number of aromatic amines is 1. The van der Waals surface area contributed by atoms with Gasteiger partial charge in [-0.3, -0.25) is 9.78 Å². The summed E-state index contributed by atoms with van der Waals surface area (Å²) in [5.74, 6) is -0.173. The average molecular weight is 312 g/mol. The summed E-state index contributed by atoms with van der Waals surface area (Å²) in [4.78, 5) is 25.9. The van der Waals surface area contributed by atoms with E-state index in [1.807, 2.05) is 32.0 Å². The zero-order chi connectivity index (χ0) is 16.4. The van der Waals surface area contributed by atoms with Crippen molar-refractivity contribution in [3.63, 3.8) is 0 Å². The lowest BCUT2D eigenvalue weighted by molar-refractivity contribution is -0.118. The molecule has 1 aromatic heterocycles. The van der Waals surface area contributed by atoms with Gasteiger partial charge in [0.1, 0.15) is 11.3 Å². The van der Waals surface area contributed by atoms with Crippen LogP contribution in [-0.2, 0) is 4.79 Å². The van der Waals surface area contributed by atoms with E-state index in [-0.39, 0.29) is 12.5 Å². The van der Waals surface area contributed by atoms with Crippen LogP contribution >= 0.6 is 0 Å². The molecule has 0 saturated heterocycles. The zero-order valence-electron chi connectivity index (χ0n) is 12.8. The van der Waals surface area contributed by atoms with E-state index in [1.165, 1.54) is 0 Å². The normalized spacial score (nSPS) is 10.7. The van der Waals surface area contributed by atoms with Crippen LogP contribution in [0.5, 0.6) is 5.75 Å². The molecule has 2 N–H and O–H groups in total. The quantitative estimate of drug-likeness (QED) is 0.776. The highest BCUT2D eigenvalue weighted by Crippen LogP contribution is 2.23. The minimum atomic E-state index is -0.562. The van der Waals surface area contributed by atoms with Crippen molar-refractivity contribution >= 4 is 22.7 Å². The maximum atomic E-state index is 12.1. The van der Waals surface area contributed by atoms with Crippen molar-refractivity contribution in [1.82, 2.24) is 4.98 Å². The molecule has 0 spiro atoms. The summed E-state index contributed by atoms with van der Waals surface area (Å²) in [7, 11) is 0. The summed E-state index contributed by atoms with van der Waals surface area (Å²) >= 11 is 0. The topological polar surface area (TPSA) is 84.3 Å². The summed E-state index contributed by atoms with van der Waals surface area (Å²) < 4.78 is 10.6. The van der Waals surface area contributed by atoms with Crippen molar-refractivity contribution in [3.05, 3.63) is 58.1 Å². The predicted octanol–water partition coefficient (Wildman–Crippen LogP) is 2.76. The molecule has 2 aromatic carbocycles. The molecule has 0 aliphatic rings. The first-order valence-corrected chi connectivity index (χ1v) is 7.15. The van der Waals surface area contributed by atoms with Gasteiger partial charge in [-0.05, 0) is 37.1 Å². The van der Waals surface area contributed by atoms with Gasteiger partial charge in [0.25, 0.3) is 5.91 Å². The van der Waals surface area contributed by atoms with Gasteiger partial charge in [0.15, 0.2) is 12.2 Å². The van der Waals surface area contributed by atoms with Crippen molar-refractivity contribution in [3.8, 4) is 5.75 Å². The number of para-hydroxylation sites is 2. The number of carbonyl (C=O) groups excluding carboxylic acids is 1. The van der Waals surface area contributed by atoms with Crippen LogP contribution in [0, 0.1) is 13.8 Å². The number of nitrogens with one attached hydrogen (secondary N) is 2. The maximum absolute atomic E-state index is 12.1. The second kappa shape index (κ2) is 6.00. The molecule has 0 aliphatic carbocycles. The van der Waals surface area contributed by atoms with E-state index in [4.69, 9.17) is 9.15 Å². The SMILES string of the molecule is Cc1cccc(C)c1OCC(=O)Nc1cccc2oc(=O)[nH]c12. The minimum absolute atomic E-state index is 0.121. The largest absolute Gasteiger partial charge is 0.483 e. The van der Waals surface area contributed by atoms with Gasteiger partial charge in [-0.1, -0.05) is 24.3 Å². The van der Waals surface area contributed by atoms with Crippen molar-refractivity contribution in [2.75, 3.05) is 11.9 Å². The van der Waals surface area contributed by atoms with Crippen molar-refractivity contribution in [2.24, 2.45) is 0 Å². The fourth-order valence-electron chi connectivity index (χ4n) is 2.43. The van der Waals surface area contributed by atoms with E-state index in [9.17, 15) is 9.59 Å². The van der Waals surface area contributed by atoms with E-state index >= 15 is 0 Å². The lowest BCUT2D eigenvalue weighted by Gasteiger charge is -2.12. The number of rotatable bonds is 4. The van der Waals surface area contributed by atoms with Gasteiger partial charge in [-0.2, -0.15) is 0 Å². The first-order chi connectivity index (χ1) is 11.0. The molecular formula is C17H16N2O4. The van der Waals surface area contributed by atoms with Gasteiger partial charge in [-0.15, -0.1) is 0 Å². The van der Waals surface area contributed by atoms with Crippen LogP contribution in [0.25, 0.3) is 11.1 Å². The van der Waals surface area contributed by atoms with Crippen LogP contribution < -0.4 is 15.8 Å². The van der Waals surface area contributed by atoms with Gasteiger partial charge in [-0.25, -0.2) is 4.79 Å². The first kappa shape index (κ1) is 14.9. The third-order valence-corrected chi connectivity index (χ3v) is 3.49. The molecule has 3 rings (SSSR count). The Morgan fingerprint density at radius 1 is 1.17 bits per heavy atom. The van der Waals surface area contributed by atoms with Crippen LogP contribution in [0.15, 0.2) is 45.6 Å². The highest BCUT2D eigenvalue weighted by molar-refractivity contribution is 5.99. The van der Waals surface area contributed by atoms with E-state index < -0.39 is 5.76 Å². The standard InChI is InChI=1S/C17H16N2O4/c1-10-5-3-6-11(2)16(10)22-9-14(20)18-12-7-4-8-13-15(12)19-17(21)23-13/h3-8H,9H2,1-2H3,(H,18,20)(H,19,21). The Morgan fingerprint density at radius 2 is 1.87 bits per heavy atom. The lowest BCUT2D eigenvalue weighted by Crippen LogP contribution is -2.21. The van der Waals surface area contributed by atoms with Gasteiger partial charge >= 0.3 is 5.76 Å². The Morgan fingerprint density at radius 3 is 2.61 bits per heavy atom. The van der Waals surface area contributed by atoms with E-state index in [1.54, 1.807) is 18.2 Å². The van der Waals surface area contributed by atoms with E-state index in [0.29, 0.717) is 22.5 Å². The molecular weight excluding hydrogens is 296 g/mol. The third kappa shape index (κ3) is 3.11. The molecule has 0 bridgehead atoms. The van der Waals surface area contributed by atoms with E-state index in [0.717, 1.165) is 11.1 Å². The molecule has 0 aliphatic heterocycles. The number of carbonyl (C=O) groups is 1. The Kier molecular flexibility index (Phi) is 3.89. The molecule has 1 heterocycles. The second-order valence-electron chi connectivity index (χ2n) is 5.25. The number of ether oxygens (including phenoxy) is 1. The number of amides is 1. The van der Waals surface area contributed by atoms with Gasteiger partial charge in [0.2, 0.25) is 0 Å². The molecule has 0 radical (unpaired) electrons. The molecule has 0 saturated carbocycles. The summed E-state index contributed by atoms with van der Waals surface area (Å²) in [6.07, 6.45) is 0. The molecule has 6 heteroatoms. The molecule has 1 amide bonds. The van der Waals surface area contributed by atoms with Gasteiger partial charge in [0, 0.05) is 0 Å². The number of fused-ring (bicyclic) bond motifs is 1.